The van der Waals surface area contributed by atoms with E-state index < -0.39 is 40.7 Å². The van der Waals surface area contributed by atoms with Gasteiger partial charge in [-0.05, 0) is 49.4 Å². The van der Waals surface area contributed by atoms with E-state index >= 15 is 0 Å². The maximum atomic E-state index is 14.4. The number of H-pyrrole nitrogens is 1. The van der Waals surface area contributed by atoms with E-state index in [2.05, 4.69) is 20.3 Å². The van der Waals surface area contributed by atoms with E-state index in [-0.39, 0.29) is 55.3 Å². The van der Waals surface area contributed by atoms with E-state index in [0.29, 0.717) is 46.7 Å². The highest BCUT2D eigenvalue weighted by Gasteiger charge is 2.44. The summed E-state index contributed by atoms with van der Waals surface area (Å²) in [6.07, 6.45) is 1.01. The lowest BCUT2D eigenvalue weighted by Gasteiger charge is -2.31. The Morgan fingerprint density at radius 3 is 2.65 bits per heavy atom. The molecule has 2 aromatic heterocycles. The van der Waals surface area contributed by atoms with E-state index in [1.54, 1.807) is 19.4 Å². The molecular formula is C39H49N5O10S. The number of fused-ring (bicyclic) bond motifs is 2. The number of aromatic nitrogens is 2. The lowest BCUT2D eigenvalue weighted by atomic mass is 10.0. The fourth-order valence-electron chi connectivity index (χ4n) is 7.09. The number of aliphatic hydroxyl groups excluding tert-OH is 1. The Bertz CT molecular complexity index is 2090. The second-order valence-corrected chi connectivity index (χ2v) is 16.1. The zero-order valence-electron chi connectivity index (χ0n) is 31.6. The highest BCUT2D eigenvalue weighted by molar-refractivity contribution is 7.89. The average Bonchev–Trinajstić information content (AvgIpc) is 3.87. The van der Waals surface area contributed by atoms with Crippen molar-refractivity contribution in [2.24, 2.45) is 16.8 Å². The van der Waals surface area contributed by atoms with Crippen LogP contribution in [0.5, 0.6) is 17.4 Å². The fraction of sp³-hybridized carbons (Fsp3) is 0.462. The van der Waals surface area contributed by atoms with Crippen molar-refractivity contribution in [2.45, 2.75) is 69.6 Å². The summed E-state index contributed by atoms with van der Waals surface area (Å²) in [4.78, 5) is 25.0. The van der Waals surface area contributed by atoms with Gasteiger partial charge in [0.2, 0.25) is 10.0 Å². The molecule has 0 radical (unpaired) electrons. The van der Waals surface area contributed by atoms with Crippen molar-refractivity contribution in [2.75, 3.05) is 40.5 Å². The van der Waals surface area contributed by atoms with Gasteiger partial charge in [-0.3, -0.25) is 9.98 Å². The Labute approximate surface area is 320 Å². The highest BCUT2D eigenvalue weighted by atomic mass is 32.2. The zero-order chi connectivity index (χ0) is 39.3. The van der Waals surface area contributed by atoms with Gasteiger partial charge in [-0.15, -0.1) is 0 Å². The Kier molecular flexibility index (Phi) is 12.6. The van der Waals surface area contributed by atoms with Crippen molar-refractivity contribution < 1.29 is 47.1 Å². The number of benzene rings is 2. The molecular weight excluding hydrogens is 731 g/mol. The second-order valence-electron chi connectivity index (χ2n) is 14.2. The number of pyridine rings is 1. The SMILES string of the molecule is COc1cnc(CN=Cc2c(O)[nH]c3ccc(S(=O)(=O)N(CC(C)C)C[C@@H](O)[C@H](Cc4ccccc4)NC(=O)O[C@H]4CO[C@H]5OCC[C@H]54)cc23)c(OC)c1C. The van der Waals surface area contributed by atoms with Gasteiger partial charge in [-0.1, -0.05) is 44.2 Å². The zero-order valence-corrected chi connectivity index (χ0v) is 32.4. The summed E-state index contributed by atoms with van der Waals surface area (Å²) in [5.74, 6) is 0.741. The largest absolute Gasteiger partial charge is 0.495 e. The molecule has 5 atom stereocenters. The van der Waals surface area contributed by atoms with Gasteiger partial charge in [-0.25, -0.2) is 13.2 Å². The number of carbonyl (C=O) groups excluding carboxylic acids is 1. The summed E-state index contributed by atoms with van der Waals surface area (Å²) in [7, 11) is -1.13. The normalized spacial score (nSPS) is 19.6. The molecule has 2 fully saturated rings. The number of methoxy groups -OCH3 is 2. The standard InChI is InChI=1S/C39H49N5O10S/c1-23(2)20-44(21-33(45)31(15-25-9-7-6-8-10-25)43-39(47)54-35-22-53-38-27(35)13-14-52-38)55(48,49)26-11-12-30-28(16-26)29(37(46)42-30)17-40-18-32-36(51-5)24(3)34(50-4)19-41-32/h6-12,16-17,19,23,27,31,33,35,38,42,45-46H,13-15,18,20-22H2,1-5H3,(H,43,47)/t27-,31-,33+,35-,38+/m0/s1. The third-order valence-corrected chi connectivity index (χ3v) is 11.7. The van der Waals surface area contributed by atoms with Gasteiger partial charge in [0.05, 0.1) is 68.7 Å². The molecule has 0 spiro atoms. The number of nitrogens with one attached hydrogen (secondary N) is 2. The second kappa shape index (κ2) is 17.4. The molecule has 16 heteroatoms. The van der Waals surface area contributed by atoms with Gasteiger partial charge in [0.25, 0.3) is 0 Å². The van der Waals surface area contributed by atoms with Crippen LogP contribution in [0.2, 0.25) is 0 Å². The van der Waals surface area contributed by atoms with Gasteiger partial charge >= 0.3 is 6.09 Å². The molecule has 2 aliphatic heterocycles. The maximum absolute atomic E-state index is 14.4. The van der Waals surface area contributed by atoms with Crippen molar-refractivity contribution in [1.82, 2.24) is 19.6 Å². The van der Waals surface area contributed by atoms with Crippen LogP contribution in [0, 0.1) is 18.8 Å². The molecule has 4 N–H and O–H groups in total. The Morgan fingerprint density at radius 2 is 1.93 bits per heavy atom. The summed E-state index contributed by atoms with van der Waals surface area (Å²) in [5, 5.41) is 25.8. The lowest BCUT2D eigenvalue weighted by Crippen LogP contribution is -2.51. The van der Waals surface area contributed by atoms with Crippen LogP contribution in [0.4, 0.5) is 4.79 Å². The number of aliphatic imine (C=N–C) groups is 1. The first-order chi connectivity index (χ1) is 26.4. The molecule has 0 saturated carbocycles. The molecule has 4 heterocycles. The van der Waals surface area contributed by atoms with Gasteiger partial charge in [0, 0.05) is 35.8 Å². The molecule has 2 aromatic carbocycles. The number of alkyl carbamates (subject to hydrolysis) is 1. The van der Waals surface area contributed by atoms with Crippen LogP contribution in [0.15, 0.2) is 64.6 Å². The predicted octanol–water partition coefficient (Wildman–Crippen LogP) is 4.32. The molecule has 4 aromatic rings. The first-order valence-electron chi connectivity index (χ1n) is 18.2. The summed E-state index contributed by atoms with van der Waals surface area (Å²) in [6.45, 7) is 6.24. The Morgan fingerprint density at radius 1 is 1.15 bits per heavy atom. The Balaban J connectivity index is 1.23. The van der Waals surface area contributed by atoms with Crippen molar-refractivity contribution in [3.63, 3.8) is 0 Å². The van der Waals surface area contributed by atoms with Crippen molar-refractivity contribution in [3.8, 4) is 17.4 Å². The summed E-state index contributed by atoms with van der Waals surface area (Å²) < 4.78 is 57.8. The number of aromatic amines is 1. The minimum atomic E-state index is -4.22. The monoisotopic (exact) mass is 779 g/mol. The molecule has 15 nitrogen and oxygen atoms in total. The molecule has 296 valence electrons. The van der Waals surface area contributed by atoms with Gasteiger partial charge in [0.1, 0.15) is 23.3 Å². The van der Waals surface area contributed by atoms with Crippen LogP contribution in [0.1, 0.15) is 42.7 Å². The van der Waals surface area contributed by atoms with Crippen LogP contribution in [0.25, 0.3) is 10.9 Å². The molecule has 55 heavy (non-hydrogen) atoms. The van der Waals surface area contributed by atoms with E-state index in [4.69, 9.17) is 23.7 Å². The minimum absolute atomic E-state index is 0.0443. The number of rotatable bonds is 16. The smallest absolute Gasteiger partial charge is 0.407 e. The van der Waals surface area contributed by atoms with Crippen LogP contribution >= 0.6 is 0 Å². The lowest BCUT2D eigenvalue weighted by molar-refractivity contribution is -0.0907. The number of amides is 1. The molecule has 1 amide bonds. The number of nitrogens with zero attached hydrogens (tertiary/aromatic N) is 3. The van der Waals surface area contributed by atoms with E-state index in [0.717, 1.165) is 11.1 Å². The first kappa shape index (κ1) is 39.9. The number of aromatic hydroxyl groups is 1. The first-order valence-corrected chi connectivity index (χ1v) is 19.7. The third kappa shape index (κ3) is 9.05. The number of hydrogen-bond acceptors (Lipinski definition) is 12. The van der Waals surface area contributed by atoms with Crippen LogP contribution in [-0.4, -0.2) is 110 Å². The summed E-state index contributed by atoms with van der Waals surface area (Å²) in [6, 6.07) is 12.9. The average molecular weight is 780 g/mol. The van der Waals surface area contributed by atoms with Crippen molar-refractivity contribution in [3.05, 3.63) is 77.1 Å². The van der Waals surface area contributed by atoms with Crippen LogP contribution in [0.3, 0.4) is 0 Å². The number of ether oxygens (including phenoxy) is 5. The molecule has 2 aliphatic rings. The Hall–Kier alpha value is -4.74. The van der Waals surface area contributed by atoms with E-state index in [1.807, 2.05) is 51.1 Å². The predicted molar refractivity (Wildman–Crippen MR) is 204 cm³/mol. The topological polar surface area (TPSA) is 194 Å². The highest BCUT2D eigenvalue weighted by Crippen LogP contribution is 2.34. The van der Waals surface area contributed by atoms with Crippen LogP contribution in [-0.2, 0) is 37.2 Å². The van der Waals surface area contributed by atoms with E-state index in [1.165, 1.54) is 29.8 Å². The third-order valence-electron chi connectivity index (χ3n) is 9.89. The number of sulfonamides is 1. The summed E-state index contributed by atoms with van der Waals surface area (Å²) in [5.41, 5.74) is 2.95. The molecule has 0 unspecified atom stereocenters. The van der Waals surface area contributed by atoms with Crippen molar-refractivity contribution in [1.29, 1.82) is 0 Å². The van der Waals surface area contributed by atoms with Crippen molar-refractivity contribution >= 4 is 33.2 Å². The molecule has 2 saturated heterocycles. The van der Waals surface area contributed by atoms with Gasteiger partial charge in [-0.2, -0.15) is 4.31 Å². The van der Waals surface area contributed by atoms with Gasteiger partial charge in [0.15, 0.2) is 12.2 Å². The minimum Gasteiger partial charge on any atom is -0.495 e. The number of aliphatic hydroxyl groups is 1. The summed E-state index contributed by atoms with van der Waals surface area (Å²) >= 11 is 0. The fourth-order valence-corrected chi connectivity index (χ4v) is 8.73. The molecule has 6 rings (SSSR count). The number of carbonyl (C=O) groups is 1. The van der Waals surface area contributed by atoms with E-state index in [9.17, 15) is 23.4 Å². The molecule has 0 aliphatic carbocycles. The number of hydrogen-bond donors (Lipinski definition) is 4. The molecule has 0 bridgehead atoms. The quantitative estimate of drug-likeness (QED) is 0.118. The van der Waals surface area contributed by atoms with Crippen LogP contribution < -0.4 is 14.8 Å². The maximum Gasteiger partial charge on any atom is 0.407 e. The van der Waals surface area contributed by atoms with Gasteiger partial charge < -0.3 is 44.2 Å².